The van der Waals surface area contributed by atoms with Crippen LogP contribution in [0.25, 0.3) is 0 Å². The maximum Gasteiger partial charge on any atom is 0.401 e. The van der Waals surface area contributed by atoms with Crippen LogP contribution in [0.15, 0.2) is 30.3 Å². The number of halogens is 6. The lowest BCUT2D eigenvalue weighted by atomic mass is 9.95. The van der Waals surface area contributed by atoms with Gasteiger partial charge in [-0.3, -0.25) is 19.3 Å². The minimum absolute atomic E-state index is 0.143. The highest BCUT2D eigenvalue weighted by molar-refractivity contribution is 7.18. The van der Waals surface area contributed by atoms with Crippen LogP contribution in [0.3, 0.4) is 0 Å². The van der Waals surface area contributed by atoms with Crippen LogP contribution >= 0.6 is 22.9 Å². The second-order valence-corrected chi connectivity index (χ2v) is 12.3. The Balaban J connectivity index is 1.92. The van der Waals surface area contributed by atoms with E-state index in [1.54, 1.807) is 20.8 Å². The number of carbonyl (C=O) groups is 3. The quantitative estimate of drug-likeness (QED) is 0.348. The molecule has 2 aromatic rings. The number of carbonyl (C=O) groups excluding carboxylic acids is 3. The molecule has 3 amide bonds. The summed E-state index contributed by atoms with van der Waals surface area (Å²) in [7, 11) is 0. The highest BCUT2D eigenvalue weighted by Gasteiger charge is 2.39. The zero-order chi connectivity index (χ0) is 30.5. The van der Waals surface area contributed by atoms with E-state index in [9.17, 15) is 36.3 Å². The van der Waals surface area contributed by atoms with Gasteiger partial charge in [0.25, 0.3) is 18.2 Å². The van der Waals surface area contributed by atoms with Crippen molar-refractivity contribution in [3.63, 3.8) is 0 Å². The number of benzene rings is 1. The average Bonchev–Trinajstić information content (AvgIpc) is 3.29. The number of alkyl halides is 5. The molecule has 2 heterocycles. The largest absolute Gasteiger partial charge is 0.401 e. The molecule has 0 aliphatic carbocycles. The van der Waals surface area contributed by atoms with Crippen molar-refractivity contribution in [2.75, 3.05) is 49.6 Å². The molecule has 15 heteroatoms. The maximum absolute atomic E-state index is 14.1. The number of hydrogen-bond acceptors (Lipinski definition) is 6. The van der Waals surface area contributed by atoms with Gasteiger partial charge in [0.2, 0.25) is 5.91 Å². The van der Waals surface area contributed by atoms with Crippen molar-refractivity contribution in [2.45, 2.75) is 39.4 Å². The molecular formula is C26H30ClF5N4O4S. The lowest BCUT2D eigenvalue weighted by Gasteiger charge is -2.36. The van der Waals surface area contributed by atoms with E-state index < -0.39 is 60.4 Å². The van der Waals surface area contributed by atoms with Gasteiger partial charge in [0, 0.05) is 36.6 Å². The van der Waals surface area contributed by atoms with E-state index in [1.165, 1.54) is 29.2 Å². The van der Waals surface area contributed by atoms with Crippen LogP contribution in [-0.2, 0) is 14.3 Å². The Kier molecular flexibility index (Phi) is 10.7. The number of rotatable bonds is 10. The maximum atomic E-state index is 14.1. The number of amides is 3. The fraction of sp³-hybridized carbons (Fsp3) is 0.500. The third kappa shape index (κ3) is 9.62. The predicted molar refractivity (Wildman–Crippen MR) is 146 cm³/mol. The van der Waals surface area contributed by atoms with Gasteiger partial charge in [-0.1, -0.05) is 32.4 Å². The summed E-state index contributed by atoms with van der Waals surface area (Å²) >= 11 is 6.81. The van der Waals surface area contributed by atoms with Crippen molar-refractivity contribution < 1.29 is 41.1 Å². The number of morpholine rings is 1. The highest BCUT2D eigenvalue weighted by atomic mass is 35.5. The zero-order valence-corrected chi connectivity index (χ0v) is 24.1. The standard InChI is InChI=1S/C26H30ClF5N4O4S/c1-25(2,3)13-35(14-26(30,31)32)18(11-33-24(39)19-6-7-20(27)41-19)23(38)34-17-5-4-15(10-16(17)22(28)29)36-8-9-40-12-21(36)37/h4-7,10,18,22H,8-9,11-14H2,1-3H3,(H,33,39)(H,34,38)/t18-/m0/s1. The summed E-state index contributed by atoms with van der Waals surface area (Å²) in [5.41, 5.74) is -1.49. The Morgan fingerprint density at radius 3 is 2.41 bits per heavy atom. The summed E-state index contributed by atoms with van der Waals surface area (Å²) in [4.78, 5) is 40.6. The van der Waals surface area contributed by atoms with Gasteiger partial charge in [-0.15, -0.1) is 11.3 Å². The fourth-order valence-corrected chi connectivity index (χ4v) is 5.20. The lowest BCUT2D eigenvalue weighted by molar-refractivity contribution is -0.156. The molecule has 1 aromatic heterocycles. The van der Waals surface area contributed by atoms with Crippen molar-refractivity contribution in [1.82, 2.24) is 10.2 Å². The van der Waals surface area contributed by atoms with Crippen LogP contribution in [0.5, 0.6) is 0 Å². The summed E-state index contributed by atoms with van der Waals surface area (Å²) in [5.74, 6) is -2.11. The van der Waals surface area contributed by atoms with E-state index in [0.717, 1.165) is 22.3 Å². The van der Waals surface area contributed by atoms with E-state index in [1.807, 2.05) is 0 Å². The number of nitrogens with zero attached hydrogens (tertiary/aromatic N) is 2. The van der Waals surface area contributed by atoms with Crippen LogP contribution in [0.1, 0.15) is 42.4 Å². The Labute approximate surface area is 242 Å². The molecule has 1 aromatic carbocycles. The van der Waals surface area contributed by atoms with Crippen molar-refractivity contribution >= 4 is 52.0 Å². The highest BCUT2D eigenvalue weighted by Crippen LogP contribution is 2.32. The minimum atomic E-state index is -4.70. The number of thiophene rings is 1. The normalized spacial score (nSPS) is 15.4. The van der Waals surface area contributed by atoms with E-state index in [-0.39, 0.29) is 42.6 Å². The molecule has 2 N–H and O–H groups in total. The van der Waals surface area contributed by atoms with Gasteiger partial charge in [-0.25, -0.2) is 8.78 Å². The number of ether oxygens (including phenoxy) is 1. The monoisotopic (exact) mass is 624 g/mol. The predicted octanol–water partition coefficient (Wildman–Crippen LogP) is 5.35. The second-order valence-electron chi connectivity index (χ2n) is 10.6. The average molecular weight is 625 g/mol. The molecular weight excluding hydrogens is 595 g/mol. The van der Waals surface area contributed by atoms with E-state index >= 15 is 0 Å². The molecule has 1 atom stereocenters. The smallest absolute Gasteiger partial charge is 0.370 e. The molecule has 1 fully saturated rings. The molecule has 0 unspecified atom stereocenters. The van der Waals surface area contributed by atoms with Gasteiger partial charge in [0.05, 0.1) is 22.4 Å². The summed E-state index contributed by atoms with van der Waals surface area (Å²) in [6.45, 7) is 2.95. The molecule has 226 valence electrons. The molecule has 41 heavy (non-hydrogen) atoms. The summed E-state index contributed by atoms with van der Waals surface area (Å²) in [6.07, 6.45) is -7.78. The third-order valence-corrected chi connectivity index (χ3v) is 7.11. The van der Waals surface area contributed by atoms with Crippen LogP contribution in [0, 0.1) is 5.41 Å². The van der Waals surface area contributed by atoms with Gasteiger partial charge >= 0.3 is 6.18 Å². The second kappa shape index (κ2) is 13.4. The molecule has 0 saturated carbocycles. The van der Waals surface area contributed by atoms with Crippen molar-refractivity contribution in [1.29, 1.82) is 0 Å². The summed E-state index contributed by atoms with van der Waals surface area (Å²) in [5, 5.41) is 4.79. The lowest BCUT2D eigenvalue weighted by Crippen LogP contribution is -2.55. The van der Waals surface area contributed by atoms with Crippen LogP contribution < -0.4 is 15.5 Å². The Hall–Kier alpha value is -2.81. The van der Waals surface area contributed by atoms with Crippen molar-refractivity contribution in [3.05, 3.63) is 45.1 Å². The van der Waals surface area contributed by atoms with Crippen molar-refractivity contribution in [3.8, 4) is 0 Å². The van der Waals surface area contributed by atoms with Gasteiger partial charge in [0.15, 0.2) is 0 Å². The van der Waals surface area contributed by atoms with E-state index in [2.05, 4.69) is 10.6 Å². The van der Waals surface area contributed by atoms with Gasteiger partial charge in [0.1, 0.15) is 12.6 Å². The van der Waals surface area contributed by atoms with Crippen LogP contribution in [0.4, 0.5) is 33.3 Å². The SMILES string of the molecule is CC(C)(C)CN(CC(F)(F)F)[C@@H](CNC(=O)c1ccc(Cl)s1)C(=O)Nc1ccc(N2CCOCC2=O)cc1C(F)F. The summed E-state index contributed by atoms with van der Waals surface area (Å²) in [6, 6.07) is 4.88. The zero-order valence-electron chi connectivity index (χ0n) is 22.5. The first-order valence-corrected chi connectivity index (χ1v) is 13.7. The third-order valence-electron chi connectivity index (χ3n) is 5.88. The molecule has 1 aliphatic heterocycles. The number of hydrogen-bond donors (Lipinski definition) is 2. The summed E-state index contributed by atoms with van der Waals surface area (Å²) < 4.78 is 74.3. The molecule has 1 saturated heterocycles. The van der Waals surface area contributed by atoms with Crippen LogP contribution in [0.2, 0.25) is 4.34 Å². The molecule has 1 aliphatic rings. The van der Waals surface area contributed by atoms with Crippen LogP contribution in [-0.4, -0.2) is 74.2 Å². The Bertz CT molecular complexity index is 1240. The first-order valence-electron chi connectivity index (χ1n) is 12.5. The Morgan fingerprint density at radius 2 is 1.85 bits per heavy atom. The number of anilines is 2. The van der Waals surface area contributed by atoms with Gasteiger partial charge < -0.3 is 20.3 Å². The minimum Gasteiger partial charge on any atom is -0.370 e. The number of nitrogens with one attached hydrogen (secondary N) is 2. The van der Waals surface area contributed by atoms with Gasteiger partial charge in [-0.05, 0) is 35.7 Å². The first-order chi connectivity index (χ1) is 19.0. The molecule has 0 radical (unpaired) electrons. The topological polar surface area (TPSA) is 91.0 Å². The molecule has 0 spiro atoms. The van der Waals surface area contributed by atoms with E-state index in [4.69, 9.17) is 16.3 Å². The molecule has 3 rings (SSSR count). The molecule has 0 bridgehead atoms. The van der Waals surface area contributed by atoms with Crippen molar-refractivity contribution in [2.24, 2.45) is 5.41 Å². The molecule has 8 nitrogen and oxygen atoms in total. The Morgan fingerprint density at radius 1 is 1.15 bits per heavy atom. The fourth-order valence-electron chi connectivity index (χ4n) is 4.24. The van der Waals surface area contributed by atoms with E-state index in [0.29, 0.717) is 4.34 Å². The first kappa shape index (κ1) is 32.7. The van der Waals surface area contributed by atoms with Gasteiger partial charge in [-0.2, -0.15) is 13.2 Å².